The van der Waals surface area contributed by atoms with E-state index in [4.69, 9.17) is 11.6 Å². The van der Waals surface area contributed by atoms with E-state index in [9.17, 15) is 0 Å². The fourth-order valence-electron chi connectivity index (χ4n) is 2.87. The van der Waals surface area contributed by atoms with Gasteiger partial charge in [-0.3, -0.25) is 0 Å². The number of aryl methyl sites for hydroxylation is 2. The molecule has 1 aromatic carbocycles. The average molecular weight is 252 g/mol. The second-order valence-electron chi connectivity index (χ2n) is 5.47. The smallest absolute Gasteiger partial charge is 0.0406 e. The molecule has 0 amide bonds. The summed E-state index contributed by atoms with van der Waals surface area (Å²) in [5.74, 6) is 0.734. The van der Waals surface area contributed by atoms with Gasteiger partial charge in [-0.05, 0) is 32.3 Å². The first-order valence-corrected chi connectivity index (χ1v) is 7.05. The fourth-order valence-corrected chi connectivity index (χ4v) is 3.23. The molecule has 0 aromatic heterocycles. The quantitative estimate of drug-likeness (QED) is 0.800. The Morgan fingerprint density at radius 2 is 1.71 bits per heavy atom. The number of rotatable bonds is 4. The van der Waals surface area contributed by atoms with Gasteiger partial charge in [0, 0.05) is 18.0 Å². The van der Waals surface area contributed by atoms with Crippen LogP contribution in [-0.2, 0) is 6.54 Å². The third-order valence-corrected chi connectivity index (χ3v) is 4.28. The Morgan fingerprint density at radius 1 is 1.12 bits per heavy atom. The second-order valence-corrected chi connectivity index (χ2v) is 5.74. The van der Waals surface area contributed by atoms with Crippen molar-refractivity contribution in [1.82, 2.24) is 5.32 Å². The summed E-state index contributed by atoms with van der Waals surface area (Å²) in [7, 11) is 0. The number of nitrogens with one attached hydrogen (secondary N) is 1. The topological polar surface area (TPSA) is 12.0 Å². The van der Waals surface area contributed by atoms with E-state index >= 15 is 0 Å². The van der Waals surface area contributed by atoms with Crippen LogP contribution in [0.25, 0.3) is 0 Å². The van der Waals surface area contributed by atoms with Gasteiger partial charge in [-0.1, -0.05) is 42.2 Å². The summed E-state index contributed by atoms with van der Waals surface area (Å²) < 4.78 is 0. The van der Waals surface area contributed by atoms with E-state index in [2.05, 4.69) is 37.4 Å². The zero-order valence-electron chi connectivity index (χ0n) is 10.9. The maximum Gasteiger partial charge on any atom is 0.0406 e. The van der Waals surface area contributed by atoms with Crippen LogP contribution in [-0.4, -0.2) is 11.4 Å². The van der Waals surface area contributed by atoms with Gasteiger partial charge >= 0.3 is 0 Å². The third-order valence-electron chi connectivity index (χ3n) is 3.77. The Balaban J connectivity index is 2.01. The van der Waals surface area contributed by atoms with Crippen LogP contribution < -0.4 is 5.32 Å². The molecule has 0 heterocycles. The SMILES string of the molecule is Cc1cc(C)cc(CNC2(CCl)CCCC2)c1. The van der Waals surface area contributed by atoms with Gasteiger partial charge in [0.15, 0.2) is 0 Å². The van der Waals surface area contributed by atoms with E-state index in [1.807, 2.05) is 0 Å². The van der Waals surface area contributed by atoms with Gasteiger partial charge in [0.25, 0.3) is 0 Å². The number of hydrogen-bond donors (Lipinski definition) is 1. The van der Waals surface area contributed by atoms with Crippen molar-refractivity contribution in [2.75, 3.05) is 5.88 Å². The predicted molar refractivity (Wildman–Crippen MR) is 74.7 cm³/mol. The van der Waals surface area contributed by atoms with Crippen molar-refractivity contribution < 1.29 is 0 Å². The number of halogens is 1. The first-order valence-electron chi connectivity index (χ1n) is 6.52. The lowest BCUT2D eigenvalue weighted by molar-refractivity contribution is 0.368. The molecule has 0 unspecified atom stereocenters. The minimum atomic E-state index is 0.194. The highest BCUT2D eigenvalue weighted by Crippen LogP contribution is 2.31. The van der Waals surface area contributed by atoms with E-state index in [0.29, 0.717) is 0 Å². The summed E-state index contributed by atoms with van der Waals surface area (Å²) in [4.78, 5) is 0. The molecule has 17 heavy (non-hydrogen) atoms. The molecule has 0 saturated heterocycles. The molecule has 0 aliphatic heterocycles. The van der Waals surface area contributed by atoms with Gasteiger partial charge in [0.2, 0.25) is 0 Å². The van der Waals surface area contributed by atoms with Crippen molar-refractivity contribution in [2.45, 2.75) is 51.6 Å². The molecule has 0 bridgehead atoms. The summed E-state index contributed by atoms with van der Waals surface area (Å²) in [5, 5.41) is 3.68. The second kappa shape index (κ2) is 5.41. The molecule has 0 radical (unpaired) electrons. The Kier molecular flexibility index (Phi) is 4.11. The monoisotopic (exact) mass is 251 g/mol. The molecule has 2 rings (SSSR count). The molecule has 94 valence electrons. The standard InChI is InChI=1S/C15H22ClN/c1-12-7-13(2)9-14(8-12)10-17-15(11-16)5-3-4-6-15/h7-9,17H,3-6,10-11H2,1-2H3. The van der Waals surface area contributed by atoms with E-state index in [1.165, 1.54) is 42.4 Å². The minimum Gasteiger partial charge on any atom is -0.306 e. The Hall–Kier alpha value is -0.530. The Morgan fingerprint density at radius 3 is 2.24 bits per heavy atom. The van der Waals surface area contributed by atoms with Crippen molar-refractivity contribution in [3.63, 3.8) is 0 Å². The molecule has 1 aliphatic carbocycles. The first-order chi connectivity index (χ1) is 8.13. The molecular formula is C15H22ClN. The van der Waals surface area contributed by atoms with Crippen molar-refractivity contribution in [3.8, 4) is 0 Å². The van der Waals surface area contributed by atoms with Gasteiger partial charge < -0.3 is 5.32 Å². The molecular weight excluding hydrogens is 230 g/mol. The lowest BCUT2D eigenvalue weighted by Gasteiger charge is -2.28. The van der Waals surface area contributed by atoms with E-state index < -0.39 is 0 Å². The minimum absolute atomic E-state index is 0.194. The Labute approximate surface area is 110 Å². The van der Waals surface area contributed by atoms with Gasteiger partial charge in [0.1, 0.15) is 0 Å². The van der Waals surface area contributed by atoms with Crippen molar-refractivity contribution in [1.29, 1.82) is 0 Å². The van der Waals surface area contributed by atoms with Crippen LogP contribution in [0.2, 0.25) is 0 Å². The van der Waals surface area contributed by atoms with E-state index in [1.54, 1.807) is 0 Å². The summed E-state index contributed by atoms with van der Waals surface area (Å²) in [6, 6.07) is 6.74. The number of alkyl halides is 1. The van der Waals surface area contributed by atoms with Gasteiger partial charge in [-0.2, -0.15) is 0 Å². The summed E-state index contributed by atoms with van der Waals surface area (Å²) in [6.45, 7) is 5.25. The van der Waals surface area contributed by atoms with E-state index in [-0.39, 0.29) is 5.54 Å². The molecule has 1 saturated carbocycles. The third kappa shape index (κ3) is 3.23. The van der Waals surface area contributed by atoms with Crippen LogP contribution in [0.4, 0.5) is 0 Å². The maximum atomic E-state index is 6.13. The van der Waals surface area contributed by atoms with Gasteiger partial charge in [-0.15, -0.1) is 11.6 Å². The molecule has 1 aliphatic rings. The summed E-state index contributed by atoms with van der Waals surface area (Å²) >= 11 is 6.13. The van der Waals surface area contributed by atoms with Crippen molar-refractivity contribution in [2.24, 2.45) is 0 Å². The van der Waals surface area contributed by atoms with Crippen LogP contribution in [0.5, 0.6) is 0 Å². The van der Waals surface area contributed by atoms with Gasteiger partial charge in [-0.25, -0.2) is 0 Å². The average Bonchev–Trinajstić information content (AvgIpc) is 2.74. The predicted octanol–water partition coefficient (Wildman–Crippen LogP) is 3.94. The lowest BCUT2D eigenvalue weighted by atomic mass is 9.99. The highest BCUT2D eigenvalue weighted by Gasteiger charge is 2.32. The number of benzene rings is 1. The van der Waals surface area contributed by atoms with Gasteiger partial charge in [0.05, 0.1) is 0 Å². The van der Waals surface area contributed by atoms with Crippen LogP contribution >= 0.6 is 11.6 Å². The lowest BCUT2D eigenvalue weighted by Crippen LogP contribution is -2.43. The largest absolute Gasteiger partial charge is 0.306 e. The molecule has 0 spiro atoms. The zero-order valence-corrected chi connectivity index (χ0v) is 11.6. The molecule has 0 atom stereocenters. The van der Waals surface area contributed by atoms with E-state index in [0.717, 1.165) is 12.4 Å². The highest BCUT2D eigenvalue weighted by atomic mass is 35.5. The van der Waals surface area contributed by atoms with Crippen LogP contribution in [0.1, 0.15) is 42.4 Å². The van der Waals surface area contributed by atoms with Crippen molar-refractivity contribution in [3.05, 3.63) is 34.9 Å². The molecule has 1 nitrogen and oxygen atoms in total. The van der Waals surface area contributed by atoms with Crippen LogP contribution in [0, 0.1) is 13.8 Å². The fraction of sp³-hybridized carbons (Fsp3) is 0.600. The summed E-state index contributed by atoms with van der Waals surface area (Å²) in [6.07, 6.45) is 5.07. The highest BCUT2D eigenvalue weighted by molar-refractivity contribution is 6.18. The zero-order chi connectivity index (χ0) is 12.3. The molecule has 1 fully saturated rings. The molecule has 1 aromatic rings. The summed E-state index contributed by atoms with van der Waals surface area (Å²) in [5.41, 5.74) is 4.25. The Bertz CT molecular complexity index is 360. The number of hydrogen-bond acceptors (Lipinski definition) is 1. The molecule has 2 heteroatoms. The normalized spacial score (nSPS) is 18.5. The first kappa shape index (κ1) is 12.9. The van der Waals surface area contributed by atoms with Crippen LogP contribution in [0.3, 0.4) is 0 Å². The molecule has 1 N–H and O–H groups in total. The maximum absolute atomic E-state index is 6.13. The van der Waals surface area contributed by atoms with Crippen LogP contribution in [0.15, 0.2) is 18.2 Å². The van der Waals surface area contributed by atoms with Crippen molar-refractivity contribution >= 4 is 11.6 Å².